The molecular weight excluding hydrogens is 384 g/mol. The van der Waals surface area contributed by atoms with Crippen LogP contribution in [0.3, 0.4) is 0 Å². The van der Waals surface area contributed by atoms with Crippen molar-refractivity contribution >= 4 is 38.5 Å². The minimum absolute atomic E-state index is 0.144. The Morgan fingerprint density at radius 2 is 1.76 bits per heavy atom. The van der Waals surface area contributed by atoms with E-state index in [1.54, 1.807) is 6.92 Å². The van der Waals surface area contributed by atoms with Crippen molar-refractivity contribution in [3.63, 3.8) is 0 Å². The van der Waals surface area contributed by atoms with Gasteiger partial charge in [0.2, 0.25) is 5.91 Å². The molecule has 5 nitrogen and oxygen atoms in total. The highest BCUT2D eigenvalue weighted by Gasteiger charge is 2.20. The highest BCUT2D eigenvalue weighted by molar-refractivity contribution is 9.10. The Labute approximate surface area is 156 Å². The Balaban J connectivity index is 1.89. The van der Waals surface area contributed by atoms with E-state index in [1.807, 2.05) is 57.2 Å². The largest absolute Gasteiger partial charge is 0.484 e. The van der Waals surface area contributed by atoms with E-state index in [0.29, 0.717) is 5.75 Å². The molecule has 25 heavy (non-hydrogen) atoms. The zero-order valence-electron chi connectivity index (χ0n) is 14.9. The molecular formula is C19H23BrN2O3. The zero-order chi connectivity index (χ0) is 18.6. The van der Waals surface area contributed by atoms with E-state index in [0.717, 1.165) is 15.2 Å². The van der Waals surface area contributed by atoms with Crippen molar-refractivity contribution in [2.75, 3.05) is 6.61 Å². The van der Waals surface area contributed by atoms with E-state index in [4.69, 9.17) is 4.74 Å². The summed E-state index contributed by atoms with van der Waals surface area (Å²) in [6, 6.07) is 11.0. The monoisotopic (exact) mass is 406 g/mol. The molecule has 2 aromatic rings. The second-order valence-corrected chi connectivity index (χ2v) is 7.89. The molecule has 0 fully saturated rings. The summed E-state index contributed by atoms with van der Waals surface area (Å²) in [6.07, 6.45) is 0. The first-order valence-electron chi connectivity index (χ1n) is 8.07. The van der Waals surface area contributed by atoms with Crippen LogP contribution in [0, 0.1) is 0 Å². The average molecular weight is 407 g/mol. The summed E-state index contributed by atoms with van der Waals surface area (Å²) in [4.78, 5) is 24.0. The van der Waals surface area contributed by atoms with Crippen molar-refractivity contribution in [2.45, 2.75) is 39.3 Å². The molecule has 0 saturated carbocycles. The first-order chi connectivity index (χ1) is 11.6. The SMILES string of the molecule is CC(NC(=O)COc1ccc2cc(Br)ccc2c1)C(=O)NC(C)(C)C. The third-order valence-corrected chi connectivity index (χ3v) is 3.91. The van der Waals surface area contributed by atoms with Gasteiger partial charge in [-0.2, -0.15) is 0 Å². The van der Waals surface area contributed by atoms with Gasteiger partial charge >= 0.3 is 0 Å². The number of carbonyl (C=O) groups excluding carboxylic acids is 2. The molecule has 0 aliphatic heterocycles. The summed E-state index contributed by atoms with van der Waals surface area (Å²) in [5, 5.41) is 7.57. The van der Waals surface area contributed by atoms with Gasteiger partial charge in [-0.15, -0.1) is 0 Å². The number of nitrogens with one attached hydrogen (secondary N) is 2. The molecule has 6 heteroatoms. The van der Waals surface area contributed by atoms with Crippen LogP contribution in [-0.4, -0.2) is 30.0 Å². The van der Waals surface area contributed by atoms with E-state index in [1.165, 1.54) is 0 Å². The normalized spacial score (nSPS) is 12.5. The predicted molar refractivity (Wildman–Crippen MR) is 103 cm³/mol. The number of ether oxygens (including phenoxy) is 1. The highest BCUT2D eigenvalue weighted by atomic mass is 79.9. The maximum atomic E-state index is 12.0. The van der Waals surface area contributed by atoms with Gasteiger partial charge < -0.3 is 15.4 Å². The van der Waals surface area contributed by atoms with Crippen LogP contribution in [0.1, 0.15) is 27.7 Å². The third-order valence-electron chi connectivity index (χ3n) is 3.41. The number of hydrogen-bond donors (Lipinski definition) is 2. The predicted octanol–water partition coefficient (Wildman–Crippen LogP) is 3.40. The van der Waals surface area contributed by atoms with Crippen molar-refractivity contribution in [3.8, 4) is 5.75 Å². The van der Waals surface area contributed by atoms with Gasteiger partial charge in [0.1, 0.15) is 11.8 Å². The maximum absolute atomic E-state index is 12.0. The van der Waals surface area contributed by atoms with Crippen molar-refractivity contribution in [3.05, 3.63) is 40.9 Å². The molecule has 1 unspecified atom stereocenters. The quantitative estimate of drug-likeness (QED) is 0.799. The van der Waals surface area contributed by atoms with Crippen LogP contribution in [0.15, 0.2) is 40.9 Å². The van der Waals surface area contributed by atoms with Gasteiger partial charge in [-0.25, -0.2) is 0 Å². The fraction of sp³-hybridized carbons (Fsp3) is 0.368. The lowest BCUT2D eigenvalue weighted by Crippen LogP contribution is -2.51. The molecule has 0 heterocycles. The van der Waals surface area contributed by atoms with E-state index in [-0.39, 0.29) is 24.0 Å². The molecule has 2 N–H and O–H groups in total. The zero-order valence-corrected chi connectivity index (χ0v) is 16.4. The molecule has 0 saturated heterocycles. The number of benzene rings is 2. The third kappa shape index (κ3) is 6.05. The number of halogens is 1. The first-order valence-corrected chi connectivity index (χ1v) is 8.87. The van der Waals surface area contributed by atoms with E-state index >= 15 is 0 Å². The van der Waals surface area contributed by atoms with Crippen molar-refractivity contribution in [2.24, 2.45) is 0 Å². The molecule has 2 amide bonds. The van der Waals surface area contributed by atoms with Gasteiger partial charge in [-0.1, -0.05) is 28.1 Å². The van der Waals surface area contributed by atoms with Gasteiger partial charge in [-0.3, -0.25) is 9.59 Å². The summed E-state index contributed by atoms with van der Waals surface area (Å²) in [5.41, 5.74) is -0.341. The second-order valence-electron chi connectivity index (χ2n) is 6.97. The Bertz CT molecular complexity index is 784. The fourth-order valence-corrected chi connectivity index (χ4v) is 2.64. The molecule has 0 aromatic heterocycles. The Morgan fingerprint density at radius 1 is 1.12 bits per heavy atom. The summed E-state index contributed by atoms with van der Waals surface area (Å²) < 4.78 is 6.54. The van der Waals surface area contributed by atoms with Gasteiger partial charge in [0, 0.05) is 10.0 Å². The van der Waals surface area contributed by atoms with Crippen LogP contribution in [0.25, 0.3) is 10.8 Å². The van der Waals surface area contributed by atoms with Gasteiger partial charge in [-0.05, 0) is 62.7 Å². The molecule has 2 aromatic carbocycles. The van der Waals surface area contributed by atoms with Crippen molar-refractivity contribution in [1.82, 2.24) is 10.6 Å². The average Bonchev–Trinajstić information content (AvgIpc) is 2.51. The first kappa shape index (κ1) is 19.2. The van der Waals surface area contributed by atoms with Crippen molar-refractivity contribution < 1.29 is 14.3 Å². The van der Waals surface area contributed by atoms with E-state index < -0.39 is 6.04 Å². The molecule has 2 rings (SSSR count). The lowest BCUT2D eigenvalue weighted by molar-refractivity contribution is -0.130. The van der Waals surface area contributed by atoms with Gasteiger partial charge in [0.25, 0.3) is 5.91 Å². The van der Waals surface area contributed by atoms with Gasteiger partial charge in [0.05, 0.1) is 0 Å². The minimum atomic E-state index is -0.621. The fourth-order valence-electron chi connectivity index (χ4n) is 2.26. The molecule has 0 aliphatic carbocycles. The lowest BCUT2D eigenvalue weighted by atomic mass is 10.1. The van der Waals surface area contributed by atoms with Crippen LogP contribution in [0.4, 0.5) is 0 Å². The summed E-state index contributed by atoms with van der Waals surface area (Å²) >= 11 is 3.44. The standard InChI is InChI=1S/C19H23BrN2O3/c1-12(18(24)22-19(2,3)4)21-17(23)11-25-16-8-6-13-9-15(20)7-5-14(13)10-16/h5-10,12H,11H2,1-4H3,(H,21,23)(H,22,24). The highest BCUT2D eigenvalue weighted by Crippen LogP contribution is 2.24. The number of rotatable bonds is 5. The van der Waals surface area contributed by atoms with Crippen LogP contribution in [0.2, 0.25) is 0 Å². The van der Waals surface area contributed by atoms with E-state index in [2.05, 4.69) is 26.6 Å². The minimum Gasteiger partial charge on any atom is -0.484 e. The maximum Gasteiger partial charge on any atom is 0.258 e. The van der Waals surface area contributed by atoms with Crippen LogP contribution in [0.5, 0.6) is 5.75 Å². The molecule has 0 spiro atoms. The van der Waals surface area contributed by atoms with Gasteiger partial charge in [0.15, 0.2) is 6.61 Å². The molecule has 0 aliphatic rings. The summed E-state index contributed by atoms with van der Waals surface area (Å²) in [5.74, 6) is 0.0429. The second kappa shape index (κ2) is 7.87. The smallest absolute Gasteiger partial charge is 0.258 e. The number of fused-ring (bicyclic) bond motifs is 1. The number of carbonyl (C=O) groups is 2. The molecule has 1 atom stereocenters. The van der Waals surface area contributed by atoms with E-state index in [9.17, 15) is 9.59 Å². The Kier molecular flexibility index (Phi) is 6.06. The topological polar surface area (TPSA) is 67.4 Å². The lowest BCUT2D eigenvalue weighted by Gasteiger charge is -2.23. The van der Waals surface area contributed by atoms with Crippen LogP contribution < -0.4 is 15.4 Å². The summed E-state index contributed by atoms with van der Waals surface area (Å²) in [6.45, 7) is 7.17. The number of hydrogen-bond acceptors (Lipinski definition) is 3. The summed E-state index contributed by atoms with van der Waals surface area (Å²) in [7, 11) is 0. The molecule has 0 radical (unpaired) electrons. The Hall–Kier alpha value is -2.08. The van der Waals surface area contributed by atoms with Crippen LogP contribution >= 0.6 is 15.9 Å². The van der Waals surface area contributed by atoms with Crippen LogP contribution in [-0.2, 0) is 9.59 Å². The molecule has 0 bridgehead atoms. The number of amides is 2. The molecule has 134 valence electrons. The Morgan fingerprint density at radius 3 is 2.44 bits per heavy atom. The van der Waals surface area contributed by atoms with Crippen molar-refractivity contribution in [1.29, 1.82) is 0 Å².